The lowest BCUT2D eigenvalue weighted by Gasteiger charge is -2.18. The van der Waals surface area contributed by atoms with Gasteiger partial charge in [0, 0.05) is 29.8 Å². The molecular formula is C27H31N7O2. The lowest BCUT2D eigenvalue weighted by molar-refractivity contribution is -0.111. The maximum atomic E-state index is 12.1. The van der Waals surface area contributed by atoms with Crippen molar-refractivity contribution in [3.8, 4) is 17.0 Å². The van der Waals surface area contributed by atoms with Gasteiger partial charge < -0.3 is 20.3 Å². The molecule has 9 heteroatoms. The van der Waals surface area contributed by atoms with Gasteiger partial charge in [0.2, 0.25) is 5.91 Å². The van der Waals surface area contributed by atoms with Gasteiger partial charge in [0.15, 0.2) is 0 Å². The van der Waals surface area contributed by atoms with Crippen LogP contribution in [0.1, 0.15) is 12.0 Å². The summed E-state index contributed by atoms with van der Waals surface area (Å²) in [6.07, 6.45) is 6.35. The molecule has 0 aliphatic carbocycles. The second-order valence-electron chi connectivity index (χ2n) is 8.77. The molecule has 0 atom stereocenters. The number of amides is 1. The van der Waals surface area contributed by atoms with Gasteiger partial charge in [0.1, 0.15) is 17.9 Å². The second kappa shape index (κ2) is 11.0. The first-order valence-electron chi connectivity index (χ1n) is 11.7. The van der Waals surface area contributed by atoms with Crippen molar-refractivity contribution >= 4 is 34.0 Å². The summed E-state index contributed by atoms with van der Waals surface area (Å²) in [6.45, 7) is 4.51. The Kier molecular flexibility index (Phi) is 7.60. The topological polar surface area (TPSA) is 97.2 Å². The number of nitrogens with zero attached hydrogens (tertiary/aromatic N) is 5. The van der Waals surface area contributed by atoms with Crippen molar-refractivity contribution in [2.24, 2.45) is 7.05 Å². The first kappa shape index (κ1) is 24.9. The molecule has 0 fully saturated rings. The van der Waals surface area contributed by atoms with Crippen LogP contribution >= 0.6 is 0 Å². The van der Waals surface area contributed by atoms with Gasteiger partial charge >= 0.3 is 0 Å². The highest BCUT2D eigenvalue weighted by Gasteiger charge is 2.14. The van der Waals surface area contributed by atoms with E-state index in [0.717, 1.165) is 47.1 Å². The molecule has 9 nitrogen and oxygen atoms in total. The zero-order valence-electron chi connectivity index (χ0n) is 21.1. The number of hydrogen-bond acceptors (Lipinski definition) is 7. The molecule has 2 N–H and O–H groups in total. The number of hydrogen-bond donors (Lipinski definition) is 2. The molecule has 0 unspecified atom stereocenters. The van der Waals surface area contributed by atoms with E-state index in [0.29, 0.717) is 22.9 Å². The highest BCUT2D eigenvalue weighted by molar-refractivity contribution is 6.00. The van der Waals surface area contributed by atoms with E-state index in [2.05, 4.69) is 43.2 Å². The monoisotopic (exact) mass is 485 g/mol. The number of aromatic nitrogens is 4. The third-order valence-electron chi connectivity index (χ3n) is 5.89. The molecule has 4 rings (SSSR count). The first-order chi connectivity index (χ1) is 17.4. The van der Waals surface area contributed by atoms with Crippen LogP contribution in [0.3, 0.4) is 0 Å². The summed E-state index contributed by atoms with van der Waals surface area (Å²) < 4.78 is 7.52. The smallest absolute Gasteiger partial charge is 0.247 e. The molecule has 0 saturated carbocycles. The highest BCUT2D eigenvalue weighted by atomic mass is 16.5. The fraction of sp³-hybridized carbons (Fsp3) is 0.259. The van der Waals surface area contributed by atoms with Crippen molar-refractivity contribution in [2.45, 2.75) is 12.8 Å². The molecule has 36 heavy (non-hydrogen) atoms. The van der Waals surface area contributed by atoms with Crippen molar-refractivity contribution in [1.29, 1.82) is 0 Å². The number of carbonyl (C=O) groups excluding carboxylic acids is 1. The number of fused-ring (bicyclic) bond motifs is 1. The Morgan fingerprint density at radius 1 is 1.17 bits per heavy atom. The average Bonchev–Trinajstić information content (AvgIpc) is 3.25. The van der Waals surface area contributed by atoms with Crippen LogP contribution < -0.4 is 15.4 Å². The van der Waals surface area contributed by atoms with Gasteiger partial charge in [-0.1, -0.05) is 12.6 Å². The first-order valence-corrected chi connectivity index (χ1v) is 11.7. The van der Waals surface area contributed by atoms with E-state index in [-0.39, 0.29) is 5.91 Å². The number of ether oxygens (including phenoxy) is 1. The molecule has 0 aliphatic rings. The van der Waals surface area contributed by atoms with E-state index in [1.165, 1.54) is 12.4 Å². The van der Waals surface area contributed by atoms with E-state index in [1.807, 2.05) is 62.4 Å². The number of carbonyl (C=O) groups is 1. The number of benzene rings is 2. The van der Waals surface area contributed by atoms with E-state index < -0.39 is 0 Å². The largest absolute Gasteiger partial charge is 0.495 e. The number of anilines is 3. The number of nitrogens with one attached hydrogen (secondary N) is 2. The molecule has 4 aromatic rings. The van der Waals surface area contributed by atoms with E-state index in [9.17, 15) is 4.79 Å². The molecule has 0 bridgehead atoms. The second-order valence-corrected chi connectivity index (χ2v) is 8.77. The molecule has 186 valence electrons. The van der Waals surface area contributed by atoms with Gasteiger partial charge in [-0.2, -0.15) is 5.10 Å². The average molecular weight is 486 g/mol. The van der Waals surface area contributed by atoms with Crippen molar-refractivity contribution in [3.63, 3.8) is 0 Å². The van der Waals surface area contributed by atoms with Gasteiger partial charge in [0.05, 0.1) is 30.2 Å². The van der Waals surface area contributed by atoms with Gasteiger partial charge in [-0.25, -0.2) is 9.97 Å². The summed E-state index contributed by atoms with van der Waals surface area (Å²) >= 11 is 0. The van der Waals surface area contributed by atoms with Crippen LogP contribution in [0.4, 0.5) is 17.2 Å². The van der Waals surface area contributed by atoms with E-state index >= 15 is 0 Å². The number of rotatable bonds is 10. The Morgan fingerprint density at radius 2 is 2.00 bits per heavy atom. The standard InChI is InChI=1S/C27H31N7O2/c1-6-27(35)32-22-14-23(25(36-5)13-18(22)8-7-11-33(2)3)31-26-15-21(28-17-29-26)19-9-10-24-20(12-19)16-30-34(24)4/h6,9-10,12-17H,1,7-8,11H2,2-5H3,(H,32,35)(H,28,29,31). The Labute approximate surface area is 210 Å². The third-order valence-corrected chi connectivity index (χ3v) is 5.89. The Morgan fingerprint density at radius 3 is 2.75 bits per heavy atom. The zero-order chi connectivity index (χ0) is 25.7. The van der Waals surface area contributed by atoms with Gasteiger partial charge in [0.25, 0.3) is 0 Å². The molecule has 0 saturated heterocycles. The SMILES string of the molecule is C=CC(=O)Nc1cc(Nc2cc(-c3ccc4c(cnn4C)c3)ncn2)c(OC)cc1CCCN(C)C. The van der Waals surface area contributed by atoms with Crippen molar-refractivity contribution < 1.29 is 9.53 Å². The molecule has 0 aliphatic heterocycles. The predicted molar refractivity (Wildman–Crippen MR) is 144 cm³/mol. The summed E-state index contributed by atoms with van der Waals surface area (Å²) in [7, 11) is 7.62. The third kappa shape index (κ3) is 5.69. The Bertz CT molecular complexity index is 1390. The summed E-state index contributed by atoms with van der Waals surface area (Å²) in [5, 5.41) is 11.6. The van der Waals surface area contributed by atoms with E-state index in [4.69, 9.17) is 4.74 Å². The van der Waals surface area contributed by atoms with Crippen molar-refractivity contribution in [2.75, 3.05) is 38.4 Å². The van der Waals surface area contributed by atoms with Crippen LogP contribution in [0, 0.1) is 0 Å². The minimum absolute atomic E-state index is 0.268. The number of aryl methyl sites for hydroxylation is 2. The quantitative estimate of drug-likeness (QED) is 0.321. The fourth-order valence-electron chi connectivity index (χ4n) is 4.03. The van der Waals surface area contributed by atoms with Crippen LogP contribution in [0.2, 0.25) is 0 Å². The van der Waals surface area contributed by atoms with Crippen molar-refractivity contribution in [3.05, 3.63) is 67.1 Å². The van der Waals surface area contributed by atoms with E-state index in [1.54, 1.807) is 7.11 Å². The zero-order valence-corrected chi connectivity index (χ0v) is 21.1. The summed E-state index contributed by atoms with van der Waals surface area (Å²) in [6, 6.07) is 11.8. The van der Waals surface area contributed by atoms with Crippen LogP contribution in [0.5, 0.6) is 5.75 Å². The molecule has 2 aromatic heterocycles. The highest BCUT2D eigenvalue weighted by Crippen LogP contribution is 2.35. The Balaban J connectivity index is 1.64. The summed E-state index contributed by atoms with van der Waals surface area (Å²) in [4.78, 5) is 23.1. The Hall–Kier alpha value is -4.24. The maximum absolute atomic E-state index is 12.1. The van der Waals surface area contributed by atoms with Gasteiger partial charge in [-0.15, -0.1) is 0 Å². The molecule has 0 radical (unpaired) electrons. The predicted octanol–water partition coefficient (Wildman–Crippen LogP) is 4.40. The molecule has 1 amide bonds. The summed E-state index contributed by atoms with van der Waals surface area (Å²) in [5.74, 6) is 0.990. The molecule has 2 heterocycles. The van der Waals surface area contributed by atoms with Crippen molar-refractivity contribution in [1.82, 2.24) is 24.6 Å². The minimum Gasteiger partial charge on any atom is -0.495 e. The lowest BCUT2D eigenvalue weighted by atomic mass is 10.0. The fourth-order valence-corrected chi connectivity index (χ4v) is 4.03. The molecular weight excluding hydrogens is 454 g/mol. The molecule has 0 spiro atoms. The maximum Gasteiger partial charge on any atom is 0.247 e. The summed E-state index contributed by atoms with van der Waals surface area (Å²) in [5.41, 5.74) is 5.16. The van der Waals surface area contributed by atoms with Gasteiger partial charge in [-0.05, 0) is 69.4 Å². The van der Waals surface area contributed by atoms with Gasteiger partial charge in [-0.3, -0.25) is 9.48 Å². The number of methoxy groups -OCH3 is 1. The van der Waals surface area contributed by atoms with Crippen LogP contribution in [-0.2, 0) is 18.3 Å². The van der Waals surface area contributed by atoms with Crippen LogP contribution in [0.15, 0.2) is 61.6 Å². The lowest BCUT2D eigenvalue weighted by Crippen LogP contribution is -2.15. The van der Waals surface area contributed by atoms with Crippen LogP contribution in [-0.4, -0.2) is 58.3 Å². The van der Waals surface area contributed by atoms with Crippen LogP contribution in [0.25, 0.3) is 22.2 Å². The normalized spacial score (nSPS) is 11.0. The minimum atomic E-state index is -0.268. The molecule has 2 aromatic carbocycles.